The number of carbonyl (C=O) groups excluding carboxylic acids is 1. The summed E-state index contributed by atoms with van der Waals surface area (Å²) in [6, 6.07) is 15.4. The zero-order valence-electron chi connectivity index (χ0n) is 16.1. The highest BCUT2D eigenvalue weighted by atomic mass is 16.2. The Morgan fingerprint density at radius 3 is 2.50 bits per heavy atom. The SMILES string of the molecule is CCCC(C)NC(=O)CN1CCN(Cc2cccc3ccccc23)CC1. The Morgan fingerprint density at radius 2 is 1.73 bits per heavy atom. The van der Waals surface area contributed by atoms with Crippen LogP contribution in [-0.2, 0) is 11.3 Å². The molecule has 0 saturated carbocycles. The maximum absolute atomic E-state index is 12.1. The predicted molar refractivity (Wildman–Crippen MR) is 108 cm³/mol. The minimum Gasteiger partial charge on any atom is -0.353 e. The van der Waals surface area contributed by atoms with Crippen LogP contribution in [0, 0.1) is 0 Å². The first-order valence-corrected chi connectivity index (χ1v) is 9.86. The Kier molecular flexibility index (Phi) is 6.64. The molecule has 2 aromatic rings. The van der Waals surface area contributed by atoms with Crippen LogP contribution in [0.25, 0.3) is 10.8 Å². The Morgan fingerprint density at radius 1 is 1.04 bits per heavy atom. The van der Waals surface area contributed by atoms with Crippen LogP contribution in [0.1, 0.15) is 32.3 Å². The van der Waals surface area contributed by atoms with Crippen molar-refractivity contribution < 1.29 is 4.79 Å². The summed E-state index contributed by atoms with van der Waals surface area (Å²) < 4.78 is 0. The van der Waals surface area contributed by atoms with Gasteiger partial charge in [0.05, 0.1) is 6.54 Å². The molecule has 0 aromatic heterocycles. The molecule has 1 saturated heterocycles. The van der Waals surface area contributed by atoms with Crippen molar-refractivity contribution in [3.8, 4) is 0 Å². The van der Waals surface area contributed by atoms with E-state index in [1.165, 1.54) is 16.3 Å². The molecule has 140 valence electrons. The first kappa shape index (κ1) is 18.9. The second-order valence-corrected chi connectivity index (χ2v) is 7.45. The van der Waals surface area contributed by atoms with Crippen LogP contribution in [-0.4, -0.2) is 54.5 Å². The average Bonchev–Trinajstić information content (AvgIpc) is 2.64. The van der Waals surface area contributed by atoms with Crippen LogP contribution in [0.4, 0.5) is 0 Å². The summed E-state index contributed by atoms with van der Waals surface area (Å²) >= 11 is 0. The van der Waals surface area contributed by atoms with Crippen LogP contribution in [0.5, 0.6) is 0 Å². The number of benzene rings is 2. The number of fused-ring (bicyclic) bond motifs is 1. The summed E-state index contributed by atoms with van der Waals surface area (Å²) in [6.45, 7) is 9.69. The largest absolute Gasteiger partial charge is 0.353 e. The molecule has 26 heavy (non-hydrogen) atoms. The summed E-state index contributed by atoms with van der Waals surface area (Å²) in [7, 11) is 0. The van der Waals surface area contributed by atoms with Gasteiger partial charge in [-0.1, -0.05) is 55.8 Å². The van der Waals surface area contributed by atoms with Gasteiger partial charge in [0.2, 0.25) is 5.91 Å². The number of nitrogens with one attached hydrogen (secondary N) is 1. The molecule has 4 nitrogen and oxygen atoms in total. The quantitative estimate of drug-likeness (QED) is 0.830. The summed E-state index contributed by atoms with van der Waals surface area (Å²) in [4.78, 5) is 16.9. The summed E-state index contributed by atoms with van der Waals surface area (Å²) in [5.74, 6) is 0.161. The van der Waals surface area contributed by atoms with E-state index in [0.29, 0.717) is 6.54 Å². The minimum atomic E-state index is 0.161. The molecule has 1 atom stereocenters. The van der Waals surface area contributed by atoms with Gasteiger partial charge in [-0.15, -0.1) is 0 Å². The van der Waals surface area contributed by atoms with Crippen molar-refractivity contribution in [2.75, 3.05) is 32.7 Å². The molecule has 0 aliphatic carbocycles. The zero-order chi connectivity index (χ0) is 18.4. The van der Waals surface area contributed by atoms with Crippen LogP contribution in [0.3, 0.4) is 0 Å². The molecule has 1 aliphatic rings. The molecule has 1 unspecified atom stereocenters. The highest BCUT2D eigenvalue weighted by Crippen LogP contribution is 2.20. The molecule has 2 aromatic carbocycles. The molecule has 3 rings (SSSR count). The fraction of sp³-hybridized carbons (Fsp3) is 0.500. The van der Waals surface area contributed by atoms with E-state index in [9.17, 15) is 4.79 Å². The Bertz CT molecular complexity index is 717. The fourth-order valence-corrected chi connectivity index (χ4v) is 3.81. The summed E-state index contributed by atoms with van der Waals surface area (Å²) in [6.07, 6.45) is 2.15. The van der Waals surface area contributed by atoms with Gasteiger partial charge in [0.25, 0.3) is 0 Å². The van der Waals surface area contributed by atoms with Crippen molar-refractivity contribution in [2.45, 2.75) is 39.3 Å². The predicted octanol–water partition coefficient (Wildman–Crippen LogP) is 3.26. The molecular weight excluding hydrogens is 322 g/mol. The lowest BCUT2D eigenvalue weighted by Gasteiger charge is -2.34. The van der Waals surface area contributed by atoms with Crippen molar-refractivity contribution >= 4 is 16.7 Å². The van der Waals surface area contributed by atoms with E-state index in [-0.39, 0.29) is 11.9 Å². The highest BCUT2D eigenvalue weighted by Gasteiger charge is 2.20. The van der Waals surface area contributed by atoms with Gasteiger partial charge in [-0.3, -0.25) is 14.6 Å². The van der Waals surface area contributed by atoms with Gasteiger partial charge in [0, 0.05) is 38.8 Å². The Hall–Kier alpha value is -1.91. The fourth-order valence-electron chi connectivity index (χ4n) is 3.81. The van der Waals surface area contributed by atoms with Gasteiger partial charge in [0.15, 0.2) is 0 Å². The van der Waals surface area contributed by atoms with Crippen LogP contribution in [0.2, 0.25) is 0 Å². The topological polar surface area (TPSA) is 35.6 Å². The van der Waals surface area contributed by atoms with Gasteiger partial charge in [-0.25, -0.2) is 0 Å². The number of hydrogen-bond donors (Lipinski definition) is 1. The molecule has 1 aliphatic heterocycles. The minimum absolute atomic E-state index is 0.161. The second kappa shape index (κ2) is 9.15. The third-order valence-electron chi connectivity index (χ3n) is 5.24. The molecular formula is C22H31N3O. The molecule has 1 N–H and O–H groups in total. The normalized spacial score (nSPS) is 17.3. The van der Waals surface area contributed by atoms with E-state index in [1.54, 1.807) is 0 Å². The van der Waals surface area contributed by atoms with Crippen molar-refractivity contribution in [1.82, 2.24) is 15.1 Å². The molecule has 4 heteroatoms. The zero-order valence-corrected chi connectivity index (χ0v) is 16.1. The number of carbonyl (C=O) groups is 1. The maximum atomic E-state index is 12.1. The molecule has 1 heterocycles. The lowest BCUT2D eigenvalue weighted by Crippen LogP contribution is -2.49. The lowest BCUT2D eigenvalue weighted by atomic mass is 10.0. The van der Waals surface area contributed by atoms with E-state index in [1.807, 2.05) is 0 Å². The van der Waals surface area contributed by atoms with Gasteiger partial charge in [-0.05, 0) is 29.7 Å². The number of amides is 1. The third-order valence-corrected chi connectivity index (χ3v) is 5.24. The van der Waals surface area contributed by atoms with Gasteiger partial charge in [0.1, 0.15) is 0 Å². The highest BCUT2D eigenvalue weighted by molar-refractivity contribution is 5.85. The number of rotatable bonds is 7. The van der Waals surface area contributed by atoms with Crippen molar-refractivity contribution in [3.63, 3.8) is 0 Å². The van der Waals surface area contributed by atoms with Crippen LogP contribution >= 0.6 is 0 Å². The number of hydrogen-bond acceptors (Lipinski definition) is 3. The van der Waals surface area contributed by atoms with E-state index < -0.39 is 0 Å². The van der Waals surface area contributed by atoms with Crippen LogP contribution < -0.4 is 5.32 Å². The van der Waals surface area contributed by atoms with E-state index >= 15 is 0 Å². The van der Waals surface area contributed by atoms with E-state index in [2.05, 4.69) is 71.4 Å². The van der Waals surface area contributed by atoms with Gasteiger partial charge in [-0.2, -0.15) is 0 Å². The van der Waals surface area contributed by atoms with Crippen LogP contribution in [0.15, 0.2) is 42.5 Å². The lowest BCUT2D eigenvalue weighted by molar-refractivity contribution is -0.123. The average molecular weight is 354 g/mol. The number of piperazine rings is 1. The standard InChI is InChI=1S/C22H31N3O/c1-3-7-18(2)23-22(26)17-25-14-12-24(13-15-25)16-20-10-6-9-19-8-4-5-11-21(19)20/h4-6,8-11,18H,3,7,12-17H2,1-2H3,(H,23,26). The first-order valence-electron chi connectivity index (χ1n) is 9.86. The molecule has 0 radical (unpaired) electrons. The Labute approximate surface area is 157 Å². The molecule has 0 bridgehead atoms. The van der Waals surface area contributed by atoms with E-state index in [4.69, 9.17) is 0 Å². The van der Waals surface area contributed by atoms with Gasteiger partial charge < -0.3 is 5.32 Å². The third kappa shape index (κ3) is 5.05. The Balaban J connectivity index is 1.49. The summed E-state index contributed by atoms with van der Waals surface area (Å²) in [5.41, 5.74) is 1.39. The summed E-state index contributed by atoms with van der Waals surface area (Å²) in [5, 5.41) is 5.76. The smallest absolute Gasteiger partial charge is 0.234 e. The number of nitrogens with zero attached hydrogens (tertiary/aromatic N) is 2. The van der Waals surface area contributed by atoms with Crippen molar-refractivity contribution in [3.05, 3.63) is 48.0 Å². The molecule has 0 spiro atoms. The van der Waals surface area contributed by atoms with Crippen molar-refractivity contribution in [1.29, 1.82) is 0 Å². The second-order valence-electron chi connectivity index (χ2n) is 7.45. The first-order chi connectivity index (χ1) is 12.7. The maximum Gasteiger partial charge on any atom is 0.234 e. The monoisotopic (exact) mass is 353 g/mol. The van der Waals surface area contributed by atoms with Crippen molar-refractivity contribution in [2.24, 2.45) is 0 Å². The molecule has 1 amide bonds. The van der Waals surface area contributed by atoms with Gasteiger partial charge >= 0.3 is 0 Å². The van der Waals surface area contributed by atoms with E-state index in [0.717, 1.165) is 45.6 Å². The molecule has 1 fully saturated rings.